The van der Waals surface area contributed by atoms with Crippen LogP contribution in [0.2, 0.25) is 0 Å². The Hall–Kier alpha value is -2.20. The van der Waals surface area contributed by atoms with Crippen LogP contribution in [0.4, 0.5) is 5.82 Å². The normalized spacial score (nSPS) is 25.4. The number of rotatable bonds is 3. The van der Waals surface area contributed by atoms with Gasteiger partial charge in [0.15, 0.2) is 0 Å². The van der Waals surface area contributed by atoms with Crippen molar-refractivity contribution in [3.8, 4) is 0 Å². The van der Waals surface area contributed by atoms with Gasteiger partial charge >= 0.3 is 173 Å². The Morgan fingerprint density at radius 2 is 1.62 bits per heavy atom. The number of hydrogen-bond acceptors (Lipinski definition) is 6. The van der Waals surface area contributed by atoms with Crippen molar-refractivity contribution < 1.29 is 10.9 Å². The van der Waals surface area contributed by atoms with Gasteiger partial charge in [0.05, 0.1) is 0 Å². The van der Waals surface area contributed by atoms with Crippen LogP contribution in [0.5, 0.6) is 0 Å². The number of anilines is 1. The fraction of sp³-hybridized carbons (Fsp3) is 0.238. The molecule has 0 unspecified atom stereocenters. The average Bonchev–Trinajstić information content (AvgIpc) is 3.17. The molecule has 2 aromatic carbocycles. The molecule has 0 spiro atoms. The van der Waals surface area contributed by atoms with E-state index in [0.29, 0.717) is 13.0 Å². The molecular weight excluding hydrogens is 477 g/mol. The predicted octanol–water partition coefficient (Wildman–Crippen LogP) is 0.785. The van der Waals surface area contributed by atoms with E-state index in [4.69, 9.17) is 16.6 Å². The van der Waals surface area contributed by atoms with Gasteiger partial charge in [-0.2, -0.15) is 0 Å². The first-order valence-corrected chi connectivity index (χ1v) is 14.8. The van der Waals surface area contributed by atoms with E-state index in [2.05, 4.69) is 29.2 Å². The summed E-state index contributed by atoms with van der Waals surface area (Å²) in [6, 6.07) is 22.0. The summed E-state index contributed by atoms with van der Waals surface area (Å²) in [5, 5.41) is 0. The number of benzene rings is 2. The molecule has 3 atom stereocenters. The Morgan fingerprint density at radius 3 is 2.24 bits per heavy atom. The summed E-state index contributed by atoms with van der Waals surface area (Å²) in [6.07, 6.45) is 1.38. The van der Waals surface area contributed by atoms with Crippen molar-refractivity contribution in [2.75, 3.05) is 12.3 Å². The quantitative estimate of drug-likeness (QED) is 0.538. The molecule has 0 radical (unpaired) electrons. The molecule has 8 heteroatoms. The molecule has 7 nitrogen and oxygen atoms in total. The van der Waals surface area contributed by atoms with Crippen LogP contribution in [-0.4, -0.2) is 47.6 Å². The summed E-state index contributed by atoms with van der Waals surface area (Å²) < 4.78 is 23.1. The maximum atomic E-state index is 12.2. The molecule has 1 aromatic heterocycles. The molecule has 0 aliphatic carbocycles. The number of ether oxygens (including phenoxy) is 1. The van der Waals surface area contributed by atoms with Gasteiger partial charge in [0.1, 0.15) is 0 Å². The number of nitrogens with two attached hydrogens (primary N) is 1. The molecule has 2 N–H and O–H groups in total. The number of nitrogen functional groups attached to an aromatic ring is 1. The van der Waals surface area contributed by atoms with Gasteiger partial charge in [-0.15, -0.1) is 0 Å². The molecule has 0 amide bonds. The zero-order chi connectivity index (χ0) is 19.8. The summed E-state index contributed by atoms with van der Waals surface area (Å²) in [4.78, 5) is 16.0. The first-order valence-electron chi connectivity index (χ1n) is 9.59. The fourth-order valence-electron chi connectivity index (χ4n) is 4.02. The van der Waals surface area contributed by atoms with Crippen LogP contribution in [0.1, 0.15) is 12.6 Å². The second-order valence-corrected chi connectivity index (χ2v) is 15.5. The van der Waals surface area contributed by atoms with Crippen LogP contribution in [-0.2, 0) is 10.9 Å². The second-order valence-electron chi connectivity index (χ2n) is 7.22. The Labute approximate surface area is 173 Å². The van der Waals surface area contributed by atoms with E-state index in [1.807, 2.05) is 36.4 Å². The van der Waals surface area contributed by atoms with Gasteiger partial charge in [-0.1, -0.05) is 0 Å². The zero-order valence-corrected chi connectivity index (χ0v) is 18.5. The predicted molar refractivity (Wildman–Crippen MR) is 110 cm³/mol. The first kappa shape index (κ1) is 18.8. The molecule has 2 fully saturated rings. The van der Waals surface area contributed by atoms with Gasteiger partial charge in [-0.05, 0) is 0 Å². The van der Waals surface area contributed by atoms with Gasteiger partial charge in [-0.25, -0.2) is 0 Å². The summed E-state index contributed by atoms with van der Waals surface area (Å²) in [5.74, 6) is 0.199. The number of aromatic nitrogens is 2. The SMILES string of the molecule is Nc1ccn([C@@H]2C[C@@H]3[O][Sn]([c]4ccccc4)([c]4ccccc4)[O]C[C@H]3O2)c(=O)n1. The van der Waals surface area contributed by atoms with E-state index in [1.54, 1.807) is 12.3 Å². The van der Waals surface area contributed by atoms with Crippen molar-refractivity contribution in [1.29, 1.82) is 0 Å². The Balaban J connectivity index is 1.48. The van der Waals surface area contributed by atoms with E-state index >= 15 is 0 Å². The molecule has 2 aliphatic heterocycles. The standard InChI is InChI=1S/C9H11N3O4.2C6H5.Sn/c10-7-1-2-12(9(15)11-7)8-3-5(14)6(4-13)16-8;2*1-2-4-6-5-3-1;/h1-2,5-6,8H,3-4H2,(H2,10,11,15);2*1-5H;/q-2;;;+2/t5-,6+,8-;;;/m0.../s1. The summed E-state index contributed by atoms with van der Waals surface area (Å²) in [6.45, 7) is 0.443. The van der Waals surface area contributed by atoms with Crippen molar-refractivity contribution in [1.82, 2.24) is 9.55 Å². The van der Waals surface area contributed by atoms with E-state index in [1.165, 1.54) is 4.57 Å². The van der Waals surface area contributed by atoms with Crippen molar-refractivity contribution in [2.45, 2.75) is 24.9 Å². The van der Waals surface area contributed by atoms with Gasteiger partial charge in [-0.3, -0.25) is 0 Å². The monoisotopic (exact) mass is 499 g/mol. The first-order chi connectivity index (χ1) is 14.2. The van der Waals surface area contributed by atoms with E-state index in [0.717, 1.165) is 7.16 Å². The Kier molecular flexibility index (Phi) is 4.90. The second kappa shape index (κ2) is 7.56. The molecule has 148 valence electrons. The van der Waals surface area contributed by atoms with Crippen molar-refractivity contribution in [3.05, 3.63) is 83.4 Å². The molecule has 3 aromatic rings. The molecule has 2 aliphatic rings. The molecular formula is C21H21N3O4Sn. The fourth-order valence-corrected chi connectivity index (χ4v) is 13.6. The number of hydrogen-bond donors (Lipinski definition) is 1. The molecule has 3 heterocycles. The molecule has 29 heavy (non-hydrogen) atoms. The van der Waals surface area contributed by atoms with E-state index in [9.17, 15) is 4.79 Å². The Morgan fingerprint density at radius 1 is 0.966 bits per heavy atom. The third-order valence-corrected chi connectivity index (χ3v) is 15.1. The zero-order valence-electron chi connectivity index (χ0n) is 15.7. The van der Waals surface area contributed by atoms with Crippen LogP contribution in [0, 0.1) is 0 Å². The van der Waals surface area contributed by atoms with Crippen LogP contribution in [0.25, 0.3) is 0 Å². The van der Waals surface area contributed by atoms with Crippen LogP contribution in [0.3, 0.4) is 0 Å². The summed E-state index contributed by atoms with van der Waals surface area (Å²) >= 11 is -3.83. The molecule has 5 rings (SSSR count). The molecule has 2 saturated heterocycles. The topological polar surface area (TPSA) is 88.6 Å². The van der Waals surface area contributed by atoms with Crippen molar-refractivity contribution in [3.63, 3.8) is 0 Å². The Bertz CT molecular complexity index is 1020. The van der Waals surface area contributed by atoms with Crippen LogP contribution < -0.4 is 18.6 Å². The summed E-state index contributed by atoms with van der Waals surface area (Å²) in [5.41, 5.74) is 5.19. The van der Waals surface area contributed by atoms with Gasteiger partial charge in [0.2, 0.25) is 0 Å². The average molecular weight is 498 g/mol. The molecule has 0 bridgehead atoms. The van der Waals surface area contributed by atoms with Crippen LogP contribution >= 0.6 is 0 Å². The minimum atomic E-state index is -3.83. The van der Waals surface area contributed by atoms with Gasteiger partial charge in [0, 0.05) is 0 Å². The number of fused-ring (bicyclic) bond motifs is 1. The summed E-state index contributed by atoms with van der Waals surface area (Å²) in [7, 11) is 0. The van der Waals surface area contributed by atoms with E-state index in [-0.39, 0.29) is 18.0 Å². The van der Waals surface area contributed by atoms with Crippen molar-refractivity contribution >= 4 is 32.2 Å². The maximum absolute atomic E-state index is 12.2. The van der Waals surface area contributed by atoms with Gasteiger partial charge in [0.25, 0.3) is 0 Å². The third-order valence-electron chi connectivity index (χ3n) is 5.42. The molecule has 0 saturated carbocycles. The third kappa shape index (κ3) is 3.37. The van der Waals surface area contributed by atoms with Crippen LogP contribution in [0.15, 0.2) is 77.7 Å². The minimum absolute atomic E-state index is 0.144. The van der Waals surface area contributed by atoms with E-state index < -0.39 is 31.1 Å². The number of nitrogens with zero attached hydrogens (tertiary/aromatic N) is 2. The van der Waals surface area contributed by atoms with Crippen molar-refractivity contribution in [2.24, 2.45) is 0 Å². The van der Waals surface area contributed by atoms with Gasteiger partial charge < -0.3 is 0 Å².